The van der Waals surface area contributed by atoms with Crippen LogP contribution in [-0.2, 0) is 19.6 Å². The second-order valence-electron chi connectivity index (χ2n) is 4.68. The third-order valence-electron chi connectivity index (χ3n) is 3.38. The van der Waals surface area contributed by atoms with Gasteiger partial charge in [-0.3, -0.25) is 4.79 Å². The van der Waals surface area contributed by atoms with Crippen molar-refractivity contribution in [2.75, 3.05) is 13.2 Å². The van der Waals surface area contributed by atoms with Crippen molar-refractivity contribution in [3.05, 3.63) is 0 Å². The standard InChI is InChI=1S/C11H21NO5S/c1-3-8(2)10(11(13)14)12-18(15,16)9-4-6-17-7-5-9/h8-10,12H,3-7H2,1-2H3,(H,13,14)/t8?,10-/m0/s1. The second kappa shape index (κ2) is 6.49. The first kappa shape index (κ1) is 15.4. The number of rotatable bonds is 6. The maximum atomic E-state index is 12.1. The predicted octanol–water partition coefficient (Wildman–Crippen LogP) is 0.584. The van der Waals surface area contributed by atoms with E-state index in [2.05, 4.69) is 4.72 Å². The predicted molar refractivity (Wildman–Crippen MR) is 66.8 cm³/mol. The summed E-state index contributed by atoms with van der Waals surface area (Å²) in [7, 11) is -3.59. The van der Waals surface area contributed by atoms with Gasteiger partial charge in [0.2, 0.25) is 10.0 Å². The van der Waals surface area contributed by atoms with Crippen molar-refractivity contribution in [2.45, 2.75) is 44.4 Å². The number of carbonyl (C=O) groups is 1. The Morgan fingerprint density at radius 2 is 2.00 bits per heavy atom. The number of carboxylic acids is 1. The van der Waals surface area contributed by atoms with Gasteiger partial charge >= 0.3 is 5.97 Å². The van der Waals surface area contributed by atoms with Crippen LogP contribution in [0.2, 0.25) is 0 Å². The highest BCUT2D eigenvalue weighted by Gasteiger charge is 2.34. The molecule has 0 saturated carbocycles. The number of sulfonamides is 1. The van der Waals surface area contributed by atoms with Gasteiger partial charge in [0.15, 0.2) is 0 Å². The SMILES string of the molecule is CCC(C)[C@H](NS(=O)(=O)C1CCOCC1)C(=O)O. The first-order chi connectivity index (χ1) is 8.38. The van der Waals surface area contributed by atoms with Crippen LogP contribution in [0.15, 0.2) is 0 Å². The lowest BCUT2D eigenvalue weighted by atomic mass is 10.0. The molecule has 1 fully saturated rings. The van der Waals surface area contributed by atoms with Crippen LogP contribution in [0.25, 0.3) is 0 Å². The largest absolute Gasteiger partial charge is 0.480 e. The van der Waals surface area contributed by atoms with E-state index in [1.54, 1.807) is 6.92 Å². The van der Waals surface area contributed by atoms with Crippen molar-refractivity contribution in [1.82, 2.24) is 4.72 Å². The molecule has 1 aliphatic rings. The van der Waals surface area contributed by atoms with Gasteiger partial charge < -0.3 is 9.84 Å². The zero-order valence-corrected chi connectivity index (χ0v) is 11.6. The normalized spacial score (nSPS) is 21.4. The van der Waals surface area contributed by atoms with E-state index >= 15 is 0 Å². The molecule has 0 aliphatic carbocycles. The highest BCUT2D eigenvalue weighted by Crippen LogP contribution is 2.17. The number of aliphatic carboxylic acids is 1. The molecule has 1 heterocycles. The highest BCUT2D eigenvalue weighted by molar-refractivity contribution is 7.90. The Hall–Kier alpha value is -0.660. The minimum atomic E-state index is -3.59. The van der Waals surface area contributed by atoms with Gasteiger partial charge in [-0.15, -0.1) is 0 Å². The summed E-state index contributed by atoms with van der Waals surface area (Å²) in [4.78, 5) is 11.1. The van der Waals surface area contributed by atoms with Gasteiger partial charge in [-0.2, -0.15) is 0 Å². The number of nitrogens with one attached hydrogen (secondary N) is 1. The first-order valence-corrected chi connectivity index (χ1v) is 7.74. The fraction of sp³-hybridized carbons (Fsp3) is 0.909. The Labute approximate surface area is 108 Å². The van der Waals surface area contributed by atoms with E-state index in [9.17, 15) is 13.2 Å². The fourth-order valence-corrected chi connectivity index (χ4v) is 3.60. The maximum absolute atomic E-state index is 12.1. The molecule has 2 atom stereocenters. The molecule has 1 saturated heterocycles. The van der Waals surface area contributed by atoms with Crippen LogP contribution in [-0.4, -0.2) is 44.0 Å². The van der Waals surface area contributed by atoms with Gasteiger partial charge in [-0.1, -0.05) is 20.3 Å². The van der Waals surface area contributed by atoms with Crippen molar-refractivity contribution in [3.8, 4) is 0 Å². The zero-order chi connectivity index (χ0) is 13.8. The van der Waals surface area contributed by atoms with Gasteiger partial charge in [-0.25, -0.2) is 13.1 Å². The van der Waals surface area contributed by atoms with E-state index in [-0.39, 0.29) is 5.92 Å². The quantitative estimate of drug-likeness (QED) is 0.742. The van der Waals surface area contributed by atoms with Crippen molar-refractivity contribution in [1.29, 1.82) is 0 Å². The minimum absolute atomic E-state index is 0.239. The number of hydrogen-bond donors (Lipinski definition) is 2. The molecule has 0 radical (unpaired) electrons. The van der Waals surface area contributed by atoms with Crippen molar-refractivity contribution in [2.24, 2.45) is 5.92 Å². The molecule has 0 bridgehead atoms. The summed E-state index contributed by atoms with van der Waals surface area (Å²) in [5.41, 5.74) is 0. The molecule has 7 heteroatoms. The summed E-state index contributed by atoms with van der Waals surface area (Å²) in [5, 5.41) is 8.54. The van der Waals surface area contributed by atoms with Crippen molar-refractivity contribution >= 4 is 16.0 Å². The van der Waals surface area contributed by atoms with Crippen LogP contribution in [0.3, 0.4) is 0 Å². The van der Waals surface area contributed by atoms with E-state index in [0.29, 0.717) is 32.5 Å². The monoisotopic (exact) mass is 279 g/mol. The molecule has 1 aliphatic heterocycles. The molecule has 0 aromatic heterocycles. The van der Waals surface area contributed by atoms with Crippen LogP contribution in [0, 0.1) is 5.92 Å². The Balaban J connectivity index is 2.75. The van der Waals surface area contributed by atoms with Gasteiger partial charge in [0, 0.05) is 13.2 Å². The Bertz CT molecular complexity index is 375. The summed E-state index contributed by atoms with van der Waals surface area (Å²) in [6.07, 6.45) is 1.44. The molecule has 0 aromatic carbocycles. The molecule has 0 spiro atoms. The summed E-state index contributed by atoms with van der Waals surface area (Å²) in [6, 6.07) is -1.05. The summed E-state index contributed by atoms with van der Waals surface area (Å²) in [6.45, 7) is 4.38. The van der Waals surface area contributed by atoms with Gasteiger partial charge in [0.05, 0.1) is 5.25 Å². The average molecular weight is 279 g/mol. The average Bonchev–Trinajstić information content (AvgIpc) is 2.36. The van der Waals surface area contributed by atoms with E-state index in [1.165, 1.54) is 0 Å². The number of carboxylic acid groups (broad SMARTS) is 1. The lowest BCUT2D eigenvalue weighted by molar-refractivity contribution is -0.140. The highest BCUT2D eigenvalue weighted by atomic mass is 32.2. The zero-order valence-electron chi connectivity index (χ0n) is 10.8. The first-order valence-electron chi connectivity index (χ1n) is 6.20. The van der Waals surface area contributed by atoms with Crippen molar-refractivity contribution in [3.63, 3.8) is 0 Å². The Morgan fingerprint density at radius 1 is 1.44 bits per heavy atom. The fourth-order valence-electron chi connectivity index (χ4n) is 1.91. The van der Waals surface area contributed by atoms with Crippen LogP contribution in [0.5, 0.6) is 0 Å². The number of hydrogen-bond acceptors (Lipinski definition) is 4. The van der Waals surface area contributed by atoms with Gasteiger partial charge in [-0.05, 0) is 18.8 Å². The summed E-state index contributed by atoms with van der Waals surface area (Å²) < 4.78 is 31.6. The molecule has 0 aromatic rings. The van der Waals surface area contributed by atoms with Crippen LogP contribution >= 0.6 is 0 Å². The molecule has 18 heavy (non-hydrogen) atoms. The summed E-state index contributed by atoms with van der Waals surface area (Å²) in [5.74, 6) is -1.36. The lowest BCUT2D eigenvalue weighted by Crippen LogP contribution is -2.49. The summed E-state index contributed by atoms with van der Waals surface area (Å²) >= 11 is 0. The lowest BCUT2D eigenvalue weighted by Gasteiger charge is -2.26. The van der Waals surface area contributed by atoms with Gasteiger partial charge in [0.1, 0.15) is 6.04 Å². The molecular weight excluding hydrogens is 258 g/mol. The molecule has 1 unspecified atom stereocenters. The maximum Gasteiger partial charge on any atom is 0.322 e. The number of ether oxygens (including phenoxy) is 1. The topological polar surface area (TPSA) is 92.7 Å². The van der Waals surface area contributed by atoms with E-state index in [4.69, 9.17) is 9.84 Å². The van der Waals surface area contributed by atoms with E-state index in [1.807, 2.05) is 6.92 Å². The molecule has 6 nitrogen and oxygen atoms in total. The van der Waals surface area contributed by atoms with Crippen LogP contribution < -0.4 is 4.72 Å². The van der Waals surface area contributed by atoms with E-state index in [0.717, 1.165) is 0 Å². The van der Waals surface area contributed by atoms with Crippen LogP contribution in [0.4, 0.5) is 0 Å². The third-order valence-corrected chi connectivity index (χ3v) is 5.31. The van der Waals surface area contributed by atoms with Gasteiger partial charge in [0.25, 0.3) is 0 Å². The minimum Gasteiger partial charge on any atom is -0.480 e. The molecule has 0 amide bonds. The van der Waals surface area contributed by atoms with Crippen LogP contribution in [0.1, 0.15) is 33.1 Å². The van der Waals surface area contributed by atoms with Crippen molar-refractivity contribution < 1.29 is 23.1 Å². The Kier molecular flexibility index (Phi) is 5.55. The molecule has 106 valence electrons. The smallest absolute Gasteiger partial charge is 0.322 e. The Morgan fingerprint density at radius 3 is 2.44 bits per heavy atom. The molecule has 2 N–H and O–H groups in total. The second-order valence-corrected chi connectivity index (χ2v) is 6.67. The third kappa shape index (κ3) is 3.93. The van der Waals surface area contributed by atoms with E-state index < -0.39 is 27.3 Å². The molecule has 1 rings (SSSR count). The molecular formula is C11H21NO5S.